The summed E-state index contributed by atoms with van der Waals surface area (Å²) >= 11 is 5.27. The van der Waals surface area contributed by atoms with Crippen LogP contribution in [0.5, 0.6) is 0 Å². The van der Waals surface area contributed by atoms with E-state index in [1.165, 1.54) is 11.0 Å². The number of aromatic nitrogens is 8. The molecule has 0 amide bonds. The number of fused-ring (bicyclic) bond motifs is 2. The molecule has 18 nitrogen and oxygen atoms in total. The van der Waals surface area contributed by atoms with Crippen molar-refractivity contribution in [3.63, 3.8) is 0 Å². The second-order valence-corrected chi connectivity index (χ2v) is 12.4. The van der Waals surface area contributed by atoms with Crippen molar-refractivity contribution in [1.29, 1.82) is 0 Å². The lowest BCUT2D eigenvalue weighted by atomic mass is 10.1. The fourth-order valence-electron chi connectivity index (χ4n) is 5.01. The van der Waals surface area contributed by atoms with Crippen molar-refractivity contribution >= 4 is 52.5 Å². The molecule has 7 atom stereocenters. The molecule has 2 fully saturated rings. The van der Waals surface area contributed by atoms with Gasteiger partial charge in [-0.05, 0) is 24.3 Å². The first-order valence-electron chi connectivity index (χ1n) is 12.6. The number of H-pyrrole nitrogens is 1. The van der Waals surface area contributed by atoms with Gasteiger partial charge in [-0.15, -0.1) is 5.10 Å². The van der Waals surface area contributed by atoms with Gasteiger partial charge in [0.1, 0.15) is 36.2 Å². The number of aliphatic hydroxyl groups excluding tert-OH is 2. The van der Waals surface area contributed by atoms with Gasteiger partial charge < -0.3 is 49.7 Å². The first-order chi connectivity index (χ1) is 19.6. The fourth-order valence-corrected chi connectivity index (χ4v) is 6.46. The normalized spacial score (nSPS) is 28.1. The summed E-state index contributed by atoms with van der Waals surface area (Å²) in [6.45, 7) is -4.36. The Morgan fingerprint density at radius 1 is 1.24 bits per heavy atom. The van der Waals surface area contributed by atoms with E-state index < -0.39 is 49.1 Å². The standard InChI is InChI=1S/C21H27N10O8PS/c22-16-10-1-3-30(17(10)25-8-24-16)14-6-11(33)13(38-14)7-36-40(35,41)39-12-5-9(2-4-32)37-20(12)31-18-15(28-29-31)19(34)27-21(23)26-18/h1,3,8-9,11-14,20,32-33H,2,4-7H2,(H,35,41)(H2,22,24,25)(H3,23,26,27,34)/t9-,11+,12-,13-,14-,20-,40?/m1/s1. The Morgan fingerprint density at radius 3 is 2.88 bits per heavy atom. The van der Waals surface area contributed by atoms with E-state index in [0.717, 1.165) is 0 Å². The number of nitrogen functional groups attached to an aromatic ring is 2. The number of ether oxygens (including phenoxy) is 2. The lowest BCUT2D eigenvalue weighted by molar-refractivity contribution is -0.0543. The Kier molecular flexibility index (Phi) is 7.47. The second-order valence-electron chi connectivity index (χ2n) is 9.61. The highest BCUT2D eigenvalue weighted by molar-refractivity contribution is 8.07. The van der Waals surface area contributed by atoms with Crippen molar-refractivity contribution in [3.8, 4) is 0 Å². The molecule has 8 N–H and O–H groups in total. The molecular formula is C21H27N10O8PS. The maximum Gasteiger partial charge on any atom is 0.325 e. The summed E-state index contributed by atoms with van der Waals surface area (Å²) in [5.41, 5.74) is 11.5. The Labute approximate surface area is 235 Å². The monoisotopic (exact) mass is 610 g/mol. The first kappa shape index (κ1) is 28.0. The molecule has 2 aliphatic heterocycles. The largest absolute Gasteiger partial charge is 0.396 e. The van der Waals surface area contributed by atoms with Gasteiger partial charge in [-0.2, -0.15) is 9.67 Å². The molecule has 0 aromatic carbocycles. The minimum Gasteiger partial charge on any atom is -0.396 e. The summed E-state index contributed by atoms with van der Waals surface area (Å²) in [5, 5.41) is 28.6. The highest BCUT2D eigenvalue weighted by atomic mass is 32.5. The number of rotatable bonds is 9. The SMILES string of the molecule is Nc1nc2c(nnn2[C@@H]2O[C@H](CCO)C[C@H]2OP(O)(=S)OC[C@H]2O[C@@H](n3ccc4c(N)ncnc43)C[C@@H]2O)c(=O)[nH]1. The summed E-state index contributed by atoms with van der Waals surface area (Å²) in [7, 11) is 0. The zero-order chi connectivity index (χ0) is 28.9. The zero-order valence-electron chi connectivity index (χ0n) is 21.3. The van der Waals surface area contributed by atoms with Crippen LogP contribution in [-0.4, -0.2) is 92.2 Å². The maximum atomic E-state index is 12.2. The second kappa shape index (κ2) is 10.9. The van der Waals surface area contributed by atoms with Gasteiger partial charge in [-0.1, -0.05) is 5.21 Å². The minimum atomic E-state index is -3.93. The van der Waals surface area contributed by atoms with Crippen LogP contribution in [0.4, 0.5) is 11.8 Å². The van der Waals surface area contributed by atoms with E-state index in [1.807, 2.05) is 0 Å². The topological polar surface area (TPSA) is 257 Å². The first-order valence-corrected chi connectivity index (χ1v) is 15.2. The fraction of sp³-hybridized carbons (Fsp3) is 0.524. The minimum absolute atomic E-state index is 0.0414. The third-order valence-corrected chi connectivity index (χ3v) is 8.50. The summed E-state index contributed by atoms with van der Waals surface area (Å²) in [4.78, 5) is 37.8. The number of hydrogen-bond acceptors (Lipinski definition) is 15. The van der Waals surface area contributed by atoms with Crippen LogP contribution in [0.15, 0.2) is 23.4 Å². The molecule has 0 aliphatic carbocycles. The number of anilines is 2. The van der Waals surface area contributed by atoms with Crippen LogP contribution in [0, 0.1) is 0 Å². The van der Waals surface area contributed by atoms with E-state index in [-0.39, 0.29) is 49.6 Å². The quantitative estimate of drug-likeness (QED) is 0.125. The molecule has 2 saturated heterocycles. The number of aromatic amines is 1. The number of nitrogens with two attached hydrogens (primary N) is 2. The number of nitrogens with one attached hydrogen (secondary N) is 1. The molecule has 4 aromatic rings. The molecule has 4 aromatic heterocycles. The number of nitrogens with zero attached hydrogens (tertiary/aromatic N) is 7. The van der Waals surface area contributed by atoms with Gasteiger partial charge in [-0.3, -0.25) is 9.78 Å². The van der Waals surface area contributed by atoms with Gasteiger partial charge in [0.15, 0.2) is 17.4 Å². The van der Waals surface area contributed by atoms with Crippen molar-refractivity contribution in [2.45, 2.75) is 56.1 Å². The Morgan fingerprint density at radius 2 is 2.07 bits per heavy atom. The van der Waals surface area contributed by atoms with E-state index in [9.17, 15) is 19.9 Å². The van der Waals surface area contributed by atoms with Gasteiger partial charge in [-0.25, -0.2) is 9.97 Å². The van der Waals surface area contributed by atoms with Crippen molar-refractivity contribution in [1.82, 2.24) is 39.5 Å². The van der Waals surface area contributed by atoms with Crippen molar-refractivity contribution < 1.29 is 33.6 Å². The molecular weight excluding hydrogens is 583 g/mol. The number of aliphatic hydroxyl groups is 2. The predicted molar refractivity (Wildman–Crippen MR) is 144 cm³/mol. The van der Waals surface area contributed by atoms with E-state index in [4.69, 9.17) is 41.8 Å². The van der Waals surface area contributed by atoms with E-state index in [1.54, 1.807) is 16.8 Å². The van der Waals surface area contributed by atoms with Crippen LogP contribution >= 0.6 is 6.72 Å². The van der Waals surface area contributed by atoms with E-state index >= 15 is 0 Å². The molecule has 0 bridgehead atoms. The average molecular weight is 611 g/mol. The molecule has 1 unspecified atom stereocenters. The molecule has 0 saturated carbocycles. The third kappa shape index (κ3) is 5.43. The van der Waals surface area contributed by atoms with Crippen molar-refractivity contribution in [3.05, 3.63) is 28.9 Å². The Hall–Kier alpha value is -3.13. The summed E-state index contributed by atoms with van der Waals surface area (Å²) < 4.78 is 26.3. The molecule has 220 valence electrons. The van der Waals surface area contributed by atoms with Crippen LogP contribution in [0.1, 0.15) is 31.7 Å². The number of hydrogen-bond donors (Lipinski definition) is 6. The van der Waals surface area contributed by atoms with Gasteiger partial charge in [0.2, 0.25) is 5.95 Å². The molecule has 6 heterocycles. The summed E-state index contributed by atoms with van der Waals surface area (Å²) in [5.74, 6) is 0.173. The lowest BCUT2D eigenvalue weighted by Crippen LogP contribution is -2.27. The Bertz CT molecular complexity index is 1680. The van der Waals surface area contributed by atoms with Crippen molar-refractivity contribution in [2.24, 2.45) is 0 Å². The molecule has 0 spiro atoms. The maximum absolute atomic E-state index is 12.2. The van der Waals surface area contributed by atoms with E-state index in [0.29, 0.717) is 16.9 Å². The summed E-state index contributed by atoms with van der Waals surface area (Å²) in [6.07, 6.45) is -0.954. The average Bonchev–Trinajstić information content (AvgIpc) is 3.68. The van der Waals surface area contributed by atoms with Crippen LogP contribution < -0.4 is 17.0 Å². The van der Waals surface area contributed by atoms with Gasteiger partial charge in [0.25, 0.3) is 5.56 Å². The van der Waals surface area contributed by atoms with Crippen LogP contribution in [0.3, 0.4) is 0 Å². The van der Waals surface area contributed by atoms with Gasteiger partial charge in [0, 0.05) is 25.6 Å². The van der Waals surface area contributed by atoms with Gasteiger partial charge in [0.05, 0.1) is 24.2 Å². The summed E-state index contributed by atoms with van der Waals surface area (Å²) in [6, 6.07) is 1.76. The third-order valence-electron chi connectivity index (χ3n) is 6.92. The van der Waals surface area contributed by atoms with Gasteiger partial charge >= 0.3 is 6.72 Å². The Balaban J connectivity index is 1.15. The highest BCUT2D eigenvalue weighted by Crippen LogP contribution is 2.50. The van der Waals surface area contributed by atoms with Crippen LogP contribution in [-0.2, 0) is 30.3 Å². The molecule has 6 rings (SSSR count). The molecule has 41 heavy (non-hydrogen) atoms. The zero-order valence-corrected chi connectivity index (χ0v) is 23.0. The highest BCUT2D eigenvalue weighted by Gasteiger charge is 2.43. The van der Waals surface area contributed by atoms with Crippen LogP contribution in [0.2, 0.25) is 0 Å². The van der Waals surface area contributed by atoms with E-state index in [2.05, 4.69) is 30.2 Å². The molecule has 20 heteroatoms. The molecule has 0 radical (unpaired) electrons. The predicted octanol–water partition coefficient (Wildman–Crippen LogP) is -0.939. The smallest absolute Gasteiger partial charge is 0.325 e. The van der Waals surface area contributed by atoms with Crippen LogP contribution in [0.25, 0.3) is 22.2 Å². The lowest BCUT2D eigenvalue weighted by Gasteiger charge is -2.25. The molecule has 2 aliphatic rings. The van der Waals surface area contributed by atoms with Crippen molar-refractivity contribution in [2.75, 3.05) is 24.7 Å².